The summed E-state index contributed by atoms with van der Waals surface area (Å²) >= 11 is 0. The highest BCUT2D eigenvalue weighted by molar-refractivity contribution is 5.75. The Hall–Kier alpha value is -0.790. The van der Waals surface area contributed by atoms with E-state index in [1.54, 1.807) is 0 Å². The molecule has 0 radical (unpaired) electrons. The van der Waals surface area contributed by atoms with Gasteiger partial charge in [-0.1, -0.05) is 27.2 Å². The Labute approximate surface area is 189 Å². The Balaban J connectivity index is 1.63. The summed E-state index contributed by atoms with van der Waals surface area (Å²) in [5.74, 6) is -5.53. The van der Waals surface area contributed by atoms with Gasteiger partial charge in [-0.3, -0.25) is 0 Å². The standard InChI is InChI=1S/C25H40F2O5/c1-4-15-17-11-14(28)8-9-23(17,2)18-12-19(29)24(3)13(7-10-25(26,27)22(31)32)5-6-16(24)20(18)21(15)30/h13-21,28-30H,4-12H2,1-3H3,(H,31,32)/t13-,14-,15-,16?,17+,18?,19+,20?,21-,23+,24-/m1/s1. The fourth-order valence-electron chi connectivity index (χ4n) is 8.98. The van der Waals surface area contributed by atoms with Crippen LogP contribution in [-0.2, 0) is 4.79 Å². The monoisotopic (exact) mass is 458 g/mol. The van der Waals surface area contributed by atoms with Crippen molar-refractivity contribution in [1.29, 1.82) is 0 Å². The molecule has 3 unspecified atom stereocenters. The third-order valence-electron chi connectivity index (χ3n) is 10.8. The van der Waals surface area contributed by atoms with Gasteiger partial charge in [-0.15, -0.1) is 0 Å². The average Bonchev–Trinajstić information content (AvgIpc) is 3.06. The lowest BCUT2D eigenvalue weighted by molar-refractivity contribution is -0.227. The molecule has 4 aliphatic rings. The second-order valence-corrected chi connectivity index (χ2v) is 11.8. The molecule has 5 nitrogen and oxygen atoms in total. The smallest absolute Gasteiger partial charge is 0.374 e. The van der Waals surface area contributed by atoms with Crippen LogP contribution in [0.4, 0.5) is 8.78 Å². The van der Waals surface area contributed by atoms with E-state index in [4.69, 9.17) is 5.11 Å². The Morgan fingerprint density at radius 2 is 1.72 bits per heavy atom. The molecule has 32 heavy (non-hydrogen) atoms. The van der Waals surface area contributed by atoms with Crippen LogP contribution in [0, 0.1) is 46.3 Å². The highest BCUT2D eigenvalue weighted by Crippen LogP contribution is 2.69. The maximum Gasteiger partial charge on any atom is 0.374 e. The highest BCUT2D eigenvalue weighted by Gasteiger charge is 2.67. The SMILES string of the molecule is CC[C@H]1[C@@H](O)C2C3CC[C@H](CCC(F)(F)C(=O)O)[C@@]3(C)[C@@H](O)CC2[C@@]2(C)CC[C@@H](O)C[C@@H]12. The van der Waals surface area contributed by atoms with Crippen LogP contribution in [0.2, 0.25) is 0 Å². The van der Waals surface area contributed by atoms with E-state index >= 15 is 0 Å². The summed E-state index contributed by atoms with van der Waals surface area (Å²) in [4.78, 5) is 10.9. The number of carbonyl (C=O) groups is 1. The number of aliphatic carboxylic acids is 1. The molecule has 4 rings (SSSR count). The van der Waals surface area contributed by atoms with Crippen LogP contribution in [0.1, 0.15) is 78.6 Å². The van der Waals surface area contributed by atoms with Crippen molar-refractivity contribution in [2.24, 2.45) is 46.3 Å². The zero-order chi connectivity index (χ0) is 23.6. The quantitative estimate of drug-likeness (QED) is 0.498. The molecular formula is C25H40F2O5. The molecule has 11 atom stereocenters. The number of hydrogen-bond donors (Lipinski definition) is 4. The Morgan fingerprint density at radius 1 is 1.03 bits per heavy atom. The van der Waals surface area contributed by atoms with E-state index in [0.717, 1.165) is 25.7 Å². The zero-order valence-electron chi connectivity index (χ0n) is 19.5. The largest absolute Gasteiger partial charge is 0.477 e. The summed E-state index contributed by atoms with van der Waals surface area (Å²) in [6.45, 7) is 6.37. The van der Waals surface area contributed by atoms with Crippen LogP contribution >= 0.6 is 0 Å². The Morgan fingerprint density at radius 3 is 2.34 bits per heavy atom. The summed E-state index contributed by atoms with van der Waals surface area (Å²) in [5.41, 5.74) is -0.646. The number of aliphatic hydroxyl groups excluding tert-OH is 3. The van der Waals surface area contributed by atoms with Crippen LogP contribution < -0.4 is 0 Å². The van der Waals surface area contributed by atoms with E-state index in [2.05, 4.69) is 13.8 Å². The summed E-state index contributed by atoms with van der Waals surface area (Å²) < 4.78 is 27.6. The van der Waals surface area contributed by atoms with Gasteiger partial charge in [-0.25, -0.2) is 4.79 Å². The average molecular weight is 459 g/mol. The lowest BCUT2D eigenvalue weighted by atomic mass is 9.41. The van der Waals surface area contributed by atoms with Crippen molar-refractivity contribution in [2.75, 3.05) is 0 Å². The van der Waals surface area contributed by atoms with E-state index < -0.39 is 35.9 Å². The molecule has 0 amide bonds. The first kappa shape index (κ1) is 24.3. The van der Waals surface area contributed by atoms with E-state index in [1.807, 2.05) is 6.92 Å². The van der Waals surface area contributed by atoms with E-state index in [0.29, 0.717) is 19.3 Å². The molecule has 4 fully saturated rings. The second-order valence-electron chi connectivity index (χ2n) is 11.8. The zero-order valence-corrected chi connectivity index (χ0v) is 19.5. The summed E-state index contributed by atoms with van der Waals surface area (Å²) in [6.07, 6.45) is 2.98. The second kappa shape index (κ2) is 8.16. The number of halogens is 2. The van der Waals surface area contributed by atoms with Crippen LogP contribution in [0.15, 0.2) is 0 Å². The van der Waals surface area contributed by atoms with Gasteiger partial charge in [0.15, 0.2) is 0 Å². The lowest BCUT2D eigenvalue weighted by Crippen LogP contribution is -2.64. The fourth-order valence-corrected chi connectivity index (χ4v) is 8.98. The molecule has 0 aromatic carbocycles. The molecule has 0 aliphatic heterocycles. The van der Waals surface area contributed by atoms with E-state index in [-0.39, 0.29) is 53.4 Å². The Kier molecular flexibility index (Phi) is 6.20. The molecule has 0 saturated heterocycles. The molecular weight excluding hydrogens is 418 g/mol. The summed E-state index contributed by atoms with van der Waals surface area (Å²) in [5, 5.41) is 42.2. The molecule has 0 bridgehead atoms. The van der Waals surface area contributed by atoms with E-state index in [9.17, 15) is 28.9 Å². The molecule has 0 heterocycles. The molecule has 184 valence electrons. The van der Waals surface area contributed by atoms with Gasteiger partial charge in [0.25, 0.3) is 0 Å². The topological polar surface area (TPSA) is 98.0 Å². The molecule has 4 saturated carbocycles. The predicted octanol–water partition coefficient (Wildman–Crippen LogP) is 4.08. The molecule has 7 heteroatoms. The maximum atomic E-state index is 13.8. The normalized spacial score (nSPS) is 50.9. The molecule has 4 aliphatic carbocycles. The number of aliphatic hydroxyl groups is 3. The first-order valence-corrected chi connectivity index (χ1v) is 12.5. The third-order valence-corrected chi connectivity index (χ3v) is 10.8. The molecule has 0 spiro atoms. The van der Waals surface area contributed by atoms with Crippen LogP contribution in [-0.4, -0.2) is 50.6 Å². The molecule has 0 aromatic rings. The highest BCUT2D eigenvalue weighted by atomic mass is 19.3. The van der Waals surface area contributed by atoms with Crippen molar-refractivity contribution in [3.05, 3.63) is 0 Å². The first-order valence-electron chi connectivity index (χ1n) is 12.5. The minimum Gasteiger partial charge on any atom is -0.477 e. The maximum absolute atomic E-state index is 13.8. The van der Waals surface area contributed by atoms with Gasteiger partial charge in [-0.2, -0.15) is 8.78 Å². The molecule has 4 N–H and O–H groups in total. The lowest BCUT2D eigenvalue weighted by Gasteiger charge is -2.65. The number of carboxylic acids is 1. The summed E-state index contributed by atoms with van der Waals surface area (Å²) in [7, 11) is 0. The molecule has 0 aromatic heterocycles. The number of carboxylic acid groups (broad SMARTS) is 1. The van der Waals surface area contributed by atoms with Crippen LogP contribution in [0.5, 0.6) is 0 Å². The summed E-state index contributed by atoms with van der Waals surface area (Å²) in [6, 6.07) is 0. The van der Waals surface area contributed by atoms with Crippen molar-refractivity contribution in [3.63, 3.8) is 0 Å². The van der Waals surface area contributed by atoms with Crippen molar-refractivity contribution < 1.29 is 34.0 Å². The first-order chi connectivity index (χ1) is 14.9. The van der Waals surface area contributed by atoms with Crippen molar-refractivity contribution in [3.8, 4) is 0 Å². The van der Waals surface area contributed by atoms with Gasteiger partial charge < -0.3 is 20.4 Å². The van der Waals surface area contributed by atoms with Gasteiger partial charge in [0.2, 0.25) is 0 Å². The number of hydrogen-bond acceptors (Lipinski definition) is 4. The number of rotatable bonds is 5. The van der Waals surface area contributed by atoms with Gasteiger partial charge in [0.1, 0.15) is 0 Å². The number of fused-ring (bicyclic) bond motifs is 5. The van der Waals surface area contributed by atoms with Crippen molar-refractivity contribution in [1.82, 2.24) is 0 Å². The van der Waals surface area contributed by atoms with Crippen molar-refractivity contribution >= 4 is 5.97 Å². The van der Waals surface area contributed by atoms with Gasteiger partial charge in [-0.05, 0) is 91.3 Å². The van der Waals surface area contributed by atoms with Gasteiger partial charge >= 0.3 is 11.9 Å². The Bertz CT molecular complexity index is 731. The third kappa shape index (κ3) is 3.44. The fraction of sp³-hybridized carbons (Fsp3) is 0.960. The van der Waals surface area contributed by atoms with E-state index in [1.165, 1.54) is 0 Å². The van der Waals surface area contributed by atoms with Gasteiger partial charge in [0, 0.05) is 6.42 Å². The predicted molar refractivity (Wildman–Crippen MR) is 115 cm³/mol. The number of alkyl halides is 2. The minimum atomic E-state index is -3.75. The van der Waals surface area contributed by atoms with Gasteiger partial charge in [0.05, 0.1) is 18.3 Å². The van der Waals surface area contributed by atoms with Crippen LogP contribution in [0.25, 0.3) is 0 Å². The minimum absolute atomic E-state index is 0.00910. The van der Waals surface area contributed by atoms with Crippen LogP contribution in [0.3, 0.4) is 0 Å². The van der Waals surface area contributed by atoms with Crippen molar-refractivity contribution in [2.45, 2.75) is 103 Å².